The largest absolute Gasteiger partial charge is 0.368 e. The Labute approximate surface area is 177 Å². The summed E-state index contributed by atoms with van der Waals surface area (Å²) >= 11 is 0. The number of rotatable bonds is 4. The van der Waals surface area contributed by atoms with Gasteiger partial charge < -0.3 is 9.47 Å². The van der Waals surface area contributed by atoms with E-state index in [0.717, 1.165) is 17.8 Å². The molecule has 4 aromatic rings. The molecule has 0 spiro atoms. The smallest absolute Gasteiger partial charge is 0.0637 e. The van der Waals surface area contributed by atoms with Crippen molar-refractivity contribution in [3.05, 3.63) is 102 Å². The topological polar surface area (TPSA) is 21.1 Å². The summed E-state index contributed by atoms with van der Waals surface area (Å²) < 4.78 is 2.21. The Hall–Kier alpha value is -3.59. The third-order valence-electron chi connectivity index (χ3n) is 5.99. The van der Waals surface area contributed by atoms with E-state index in [4.69, 9.17) is 4.98 Å². The van der Waals surface area contributed by atoms with Gasteiger partial charge >= 0.3 is 0 Å². The van der Waals surface area contributed by atoms with Gasteiger partial charge in [-0.05, 0) is 60.5 Å². The molecule has 3 heteroatoms. The maximum Gasteiger partial charge on any atom is 0.0637 e. The fourth-order valence-corrected chi connectivity index (χ4v) is 4.27. The molecule has 5 rings (SSSR count). The van der Waals surface area contributed by atoms with Crippen LogP contribution in [-0.2, 0) is 13.5 Å². The highest BCUT2D eigenvalue weighted by Crippen LogP contribution is 2.31. The number of likely N-dealkylation sites (N-methyl/N-ethyl adjacent to an activating group) is 1. The number of aryl methyl sites for hydroxylation is 1. The van der Waals surface area contributed by atoms with E-state index in [0.29, 0.717) is 6.04 Å². The van der Waals surface area contributed by atoms with E-state index >= 15 is 0 Å². The minimum Gasteiger partial charge on any atom is -0.368 e. The van der Waals surface area contributed by atoms with E-state index in [1.165, 1.54) is 27.8 Å². The van der Waals surface area contributed by atoms with Crippen molar-refractivity contribution in [1.29, 1.82) is 0 Å². The molecule has 0 aliphatic carbocycles. The first-order chi connectivity index (χ1) is 14.7. The van der Waals surface area contributed by atoms with Gasteiger partial charge in [0.1, 0.15) is 0 Å². The summed E-state index contributed by atoms with van der Waals surface area (Å²) in [6.07, 6.45) is 9.67. The first-order valence-electron chi connectivity index (χ1n) is 10.4. The summed E-state index contributed by atoms with van der Waals surface area (Å²) in [4.78, 5) is 7.15. The maximum atomic E-state index is 4.81. The molecule has 0 saturated carbocycles. The average Bonchev–Trinajstić information content (AvgIpc) is 3.28. The molecule has 148 valence electrons. The Morgan fingerprint density at radius 3 is 2.43 bits per heavy atom. The number of hydrogen-bond acceptors (Lipinski definition) is 2. The number of benzene rings is 2. The zero-order valence-electron chi connectivity index (χ0n) is 17.4. The highest BCUT2D eigenvalue weighted by molar-refractivity contribution is 5.85. The number of pyridine rings is 1. The monoisotopic (exact) mass is 391 g/mol. The van der Waals surface area contributed by atoms with Gasteiger partial charge in [-0.15, -0.1) is 0 Å². The molecule has 1 unspecified atom stereocenters. The minimum atomic E-state index is 0.374. The molecule has 0 fully saturated rings. The summed E-state index contributed by atoms with van der Waals surface area (Å²) in [5.74, 6) is 0. The van der Waals surface area contributed by atoms with Crippen molar-refractivity contribution in [1.82, 2.24) is 9.55 Å². The number of fused-ring (bicyclic) bond motifs is 2. The molecule has 2 aromatic carbocycles. The Kier molecular flexibility index (Phi) is 4.72. The molecule has 0 N–H and O–H groups in total. The molecule has 3 nitrogen and oxygen atoms in total. The van der Waals surface area contributed by atoms with E-state index in [1.807, 2.05) is 6.07 Å². The van der Waals surface area contributed by atoms with Crippen LogP contribution in [0.5, 0.6) is 0 Å². The van der Waals surface area contributed by atoms with E-state index in [9.17, 15) is 0 Å². The van der Waals surface area contributed by atoms with Crippen LogP contribution in [0.15, 0.2) is 78.9 Å². The second-order valence-electron chi connectivity index (χ2n) is 7.88. The summed E-state index contributed by atoms with van der Waals surface area (Å²) in [5, 5.41) is 1.26. The molecule has 0 bridgehead atoms. The first kappa shape index (κ1) is 18.4. The van der Waals surface area contributed by atoms with Crippen molar-refractivity contribution in [3.8, 4) is 0 Å². The van der Waals surface area contributed by atoms with Gasteiger partial charge in [0.2, 0.25) is 0 Å². The van der Waals surface area contributed by atoms with Crippen LogP contribution in [0.25, 0.3) is 29.1 Å². The van der Waals surface area contributed by atoms with Crippen molar-refractivity contribution >= 4 is 34.8 Å². The molecule has 3 heterocycles. The zero-order chi connectivity index (χ0) is 20.5. The first-order valence-corrected chi connectivity index (χ1v) is 10.4. The lowest BCUT2D eigenvalue weighted by atomic mass is 10.1. The van der Waals surface area contributed by atoms with Crippen molar-refractivity contribution in [2.45, 2.75) is 12.5 Å². The molecule has 0 amide bonds. The maximum absolute atomic E-state index is 4.81. The average molecular weight is 392 g/mol. The molecule has 30 heavy (non-hydrogen) atoms. The molecule has 1 aliphatic heterocycles. The molecule has 2 aromatic heterocycles. The number of anilines is 1. The summed E-state index contributed by atoms with van der Waals surface area (Å²) in [5.41, 5.74) is 7.10. The van der Waals surface area contributed by atoms with E-state index in [2.05, 4.69) is 115 Å². The van der Waals surface area contributed by atoms with Gasteiger partial charge in [0, 0.05) is 36.4 Å². The Bertz CT molecular complexity index is 1260. The number of hydrogen-bond donors (Lipinski definition) is 0. The quantitative estimate of drug-likeness (QED) is 0.437. The minimum absolute atomic E-state index is 0.374. The van der Waals surface area contributed by atoms with E-state index in [-0.39, 0.29) is 0 Å². The van der Waals surface area contributed by atoms with Gasteiger partial charge in [-0.2, -0.15) is 0 Å². The fraction of sp³-hybridized carbons (Fsp3) is 0.148. The van der Waals surface area contributed by atoms with Crippen LogP contribution >= 0.6 is 0 Å². The molecule has 1 atom stereocenters. The summed E-state index contributed by atoms with van der Waals surface area (Å²) in [6, 6.07) is 25.9. The SMILES string of the molecule is CN1c2ccccc2CC1C=Cc1cccc(C=Cc2cc3ccccc3n2C)n1. The van der Waals surface area contributed by atoms with Gasteiger partial charge in [-0.25, -0.2) is 4.98 Å². The lowest BCUT2D eigenvalue weighted by Gasteiger charge is -2.19. The van der Waals surface area contributed by atoms with E-state index < -0.39 is 0 Å². The Morgan fingerprint density at radius 1 is 0.833 bits per heavy atom. The summed E-state index contributed by atoms with van der Waals surface area (Å²) in [6.45, 7) is 0. The summed E-state index contributed by atoms with van der Waals surface area (Å²) in [7, 11) is 4.27. The highest BCUT2D eigenvalue weighted by atomic mass is 15.1. The molecule has 0 saturated heterocycles. The Morgan fingerprint density at radius 2 is 1.60 bits per heavy atom. The van der Waals surface area contributed by atoms with Gasteiger partial charge in [0.15, 0.2) is 0 Å². The van der Waals surface area contributed by atoms with Crippen LogP contribution in [-0.4, -0.2) is 22.6 Å². The standard InChI is InChI=1S/C27H25N3/c1-29-24(18-20-8-3-5-12-26(20)29)16-14-22-10-7-11-23(28-22)15-17-25-19-21-9-4-6-13-27(21)30(25)2/h3-18,25H,19H2,1-2H3. The number of aromatic nitrogens is 2. The molecule has 0 radical (unpaired) electrons. The molecular weight excluding hydrogens is 366 g/mol. The lowest BCUT2D eigenvalue weighted by Crippen LogP contribution is -2.25. The van der Waals surface area contributed by atoms with Crippen LogP contribution in [0.2, 0.25) is 0 Å². The van der Waals surface area contributed by atoms with Gasteiger partial charge in [-0.3, -0.25) is 0 Å². The normalized spacial score (nSPS) is 16.2. The van der Waals surface area contributed by atoms with Crippen LogP contribution in [0.3, 0.4) is 0 Å². The third-order valence-corrected chi connectivity index (χ3v) is 5.99. The van der Waals surface area contributed by atoms with Crippen molar-refractivity contribution in [3.63, 3.8) is 0 Å². The fourth-order valence-electron chi connectivity index (χ4n) is 4.27. The zero-order valence-corrected chi connectivity index (χ0v) is 17.4. The van der Waals surface area contributed by atoms with Crippen LogP contribution in [0, 0.1) is 0 Å². The van der Waals surface area contributed by atoms with Gasteiger partial charge in [0.25, 0.3) is 0 Å². The van der Waals surface area contributed by atoms with Crippen LogP contribution < -0.4 is 4.90 Å². The molecular formula is C27H25N3. The van der Waals surface area contributed by atoms with Gasteiger partial charge in [0.05, 0.1) is 17.4 Å². The Balaban J connectivity index is 1.34. The predicted octanol–water partition coefficient (Wildman–Crippen LogP) is 5.82. The van der Waals surface area contributed by atoms with Crippen molar-refractivity contribution in [2.24, 2.45) is 7.05 Å². The predicted molar refractivity (Wildman–Crippen MR) is 127 cm³/mol. The number of nitrogens with zero attached hydrogens (tertiary/aromatic N) is 3. The molecule has 1 aliphatic rings. The third kappa shape index (κ3) is 3.43. The lowest BCUT2D eigenvalue weighted by molar-refractivity contribution is 0.804. The second kappa shape index (κ2) is 7.68. The van der Waals surface area contributed by atoms with E-state index in [1.54, 1.807) is 0 Å². The van der Waals surface area contributed by atoms with Crippen molar-refractivity contribution < 1.29 is 0 Å². The second-order valence-corrected chi connectivity index (χ2v) is 7.88. The highest BCUT2D eigenvalue weighted by Gasteiger charge is 2.23. The van der Waals surface area contributed by atoms with Crippen LogP contribution in [0.4, 0.5) is 5.69 Å². The van der Waals surface area contributed by atoms with Gasteiger partial charge in [-0.1, -0.05) is 48.5 Å². The van der Waals surface area contributed by atoms with Crippen molar-refractivity contribution in [2.75, 3.05) is 11.9 Å². The van der Waals surface area contributed by atoms with Crippen LogP contribution in [0.1, 0.15) is 22.6 Å². The number of para-hydroxylation sites is 2.